The zero-order valence-corrected chi connectivity index (χ0v) is 9.13. The minimum Gasteiger partial charge on any atom is -0.393 e. The summed E-state index contributed by atoms with van der Waals surface area (Å²) in [6.07, 6.45) is 6.85. The van der Waals surface area contributed by atoms with E-state index in [1.807, 2.05) is 6.92 Å². The number of aliphatic hydroxyl groups is 1. The summed E-state index contributed by atoms with van der Waals surface area (Å²) in [5, 5.41) is 9.29. The van der Waals surface area contributed by atoms with Crippen LogP contribution in [0.2, 0.25) is 0 Å². The summed E-state index contributed by atoms with van der Waals surface area (Å²) in [4.78, 5) is 0. The average Bonchev–Trinajstić information content (AvgIpc) is 2.09. The number of nitrogens with two attached hydrogens (primary N) is 1. The largest absolute Gasteiger partial charge is 0.393 e. The van der Waals surface area contributed by atoms with E-state index in [1.54, 1.807) is 0 Å². The maximum Gasteiger partial charge on any atom is 0.0514 e. The van der Waals surface area contributed by atoms with Crippen molar-refractivity contribution in [2.45, 2.75) is 58.5 Å². The lowest BCUT2D eigenvalue weighted by molar-refractivity contribution is 0.153. The van der Waals surface area contributed by atoms with Crippen LogP contribution in [0.15, 0.2) is 0 Å². The fourth-order valence-corrected chi connectivity index (χ4v) is 1.76. The quantitative estimate of drug-likeness (QED) is 0.612. The second-order valence-electron chi connectivity index (χ2n) is 4.02. The number of rotatable bonds is 8. The van der Waals surface area contributed by atoms with Gasteiger partial charge in [-0.15, -0.1) is 0 Å². The van der Waals surface area contributed by atoms with E-state index >= 15 is 0 Å². The topological polar surface area (TPSA) is 46.2 Å². The van der Waals surface area contributed by atoms with Crippen molar-refractivity contribution in [3.63, 3.8) is 0 Å². The van der Waals surface area contributed by atoms with Gasteiger partial charge in [0.05, 0.1) is 6.10 Å². The first kappa shape index (κ1) is 12.9. The van der Waals surface area contributed by atoms with Crippen LogP contribution in [0.3, 0.4) is 0 Å². The molecule has 0 aliphatic carbocycles. The Bertz CT molecular complexity index is 96.3. The fraction of sp³-hybridized carbons (Fsp3) is 1.00. The van der Waals surface area contributed by atoms with Gasteiger partial charge in [0.15, 0.2) is 0 Å². The predicted molar refractivity (Wildman–Crippen MR) is 57.6 cm³/mol. The SMILES string of the molecule is CCCCC(CCCN)CC(C)O. The van der Waals surface area contributed by atoms with E-state index in [9.17, 15) is 5.11 Å². The third kappa shape index (κ3) is 8.26. The Hall–Kier alpha value is -0.0800. The minimum absolute atomic E-state index is 0.153. The van der Waals surface area contributed by atoms with Crippen molar-refractivity contribution in [2.24, 2.45) is 11.7 Å². The summed E-state index contributed by atoms with van der Waals surface area (Å²) in [7, 11) is 0. The van der Waals surface area contributed by atoms with Crippen molar-refractivity contribution in [3.05, 3.63) is 0 Å². The van der Waals surface area contributed by atoms with Crippen LogP contribution in [-0.4, -0.2) is 17.8 Å². The molecule has 0 aromatic carbocycles. The average molecular weight is 187 g/mol. The highest BCUT2D eigenvalue weighted by Gasteiger charge is 2.10. The van der Waals surface area contributed by atoms with Crippen LogP contribution in [0.1, 0.15) is 52.4 Å². The normalized spacial score (nSPS) is 15.7. The lowest BCUT2D eigenvalue weighted by Gasteiger charge is -2.17. The first-order valence-corrected chi connectivity index (χ1v) is 5.58. The standard InChI is InChI=1S/C11H25NO/c1-3-4-6-11(7-5-8-12)9-10(2)13/h10-11,13H,3-9,12H2,1-2H3. The molecule has 2 heteroatoms. The monoisotopic (exact) mass is 187 g/mol. The van der Waals surface area contributed by atoms with Gasteiger partial charge >= 0.3 is 0 Å². The Labute approximate surface area is 82.5 Å². The molecule has 0 aromatic rings. The molecule has 80 valence electrons. The van der Waals surface area contributed by atoms with Crippen molar-refractivity contribution < 1.29 is 5.11 Å². The van der Waals surface area contributed by atoms with Crippen molar-refractivity contribution in [1.29, 1.82) is 0 Å². The van der Waals surface area contributed by atoms with Gasteiger partial charge in [-0.25, -0.2) is 0 Å². The number of hydrogen-bond acceptors (Lipinski definition) is 2. The molecule has 3 N–H and O–H groups in total. The highest BCUT2D eigenvalue weighted by Crippen LogP contribution is 2.20. The molecule has 0 spiro atoms. The molecule has 2 unspecified atom stereocenters. The fourth-order valence-electron chi connectivity index (χ4n) is 1.76. The van der Waals surface area contributed by atoms with Crippen molar-refractivity contribution in [1.82, 2.24) is 0 Å². The summed E-state index contributed by atoms with van der Waals surface area (Å²) in [6.45, 7) is 4.87. The molecule has 0 aliphatic heterocycles. The summed E-state index contributed by atoms with van der Waals surface area (Å²) >= 11 is 0. The zero-order chi connectivity index (χ0) is 10.1. The van der Waals surface area contributed by atoms with Crippen molar-refractivity contribution in [3.8, 4) is 0 Å². The second kappa shape index (κ2) is 8.52. The molecule has 0 aliphatic rings. The molecule has 0 rings (SSSR count). The van der Waals surface area contributed by atoms with E-state index in [4.69, 9.17) is 5.73 Å². The van der Waals surface area contributed by atoms with E-state index in [0.717, 1.165) is 19.4 Å². The van der Waals surface area contributed by atoms with Gasteiger partial charge in [-0.05, 0) is 38.6 Å². The predicted octanol–water partition coefficient (Wildman–Crippen LogP) is 2.30. The molecule has 0 bridgehead atoms. The Kier molecular flexibility index (Phi) is 8.46. The second-order valence-corrected chi connectivity index (χ2v) is 4.02. The van der Waals surface area contributed by atoms with Gasteiger partial charge in [0, 0.05) is 0 Å². The Morgan fingerprint density at radius 2 is 1.85 bits per heavy atom. The molecule has 0 amide bonds. The minimum atomic E-state index is -0.153. The van der Waals surface area contributed by atoms with Gasteiger partial charge in [-0.3, -0.25) is 0 Å². The van der Waals surface area contributed by atoms with Crippen LogP contribution in [-0.2, 0) is 0 Å². The summed E-state index contributed by atoms with van der Waals surface area (Å²) < 4.78 is 0. The maximum atomic E-state index is 9.29. The van der Waals surface area contributed by atoms with Gasteiger partial charge in [-0.2, -0.15) is 0 Å². The molecule has 0 saturated heterocycles. The molecule has 0 fully saturated rings. The molecule has 0 heterocycles. The van der Waals surface area contributed by atoms with Crippen molar-refractivity contribution >= 4 is 0 Å². The zero-order valence-electron chi connectivity index (χ0n) is 9.13. The van der Waals surface area contributed by atoms with Crippen LogP contribution in [0.4, 0.5) is 0 Å². The molecular formula is C11H25NO. The highest BCUT2D eigenvalue weighted by molar-refractivity contribution is 4.63. The van der Waals surface area contributed by atoms with Crippen LogP contribution in [0.25, 0.3) is 0 Å². The Morgan fingerprint density at radius 3 is 2.31 bits per heavy atom. The summed E-state index contributed by atoms with van der Waals surface area (Å²) in [5.41, 5.74) is 5.47. The molecule has 2 nitrogen and oxygen atoms in total. The first-order valence-electron chi connectivity index (χ1n) is 5.58. The number of aliphatic hydroxyl groups excluding tert-OH is 1. The number of unbranched alkanes of at least 4 members (excludes halogenated alkanes) is 1. The van der Waals surface area contributed by atoms with E-state index in [-0.39, 0.29) is 6.10 Å². The Morgan fingerprint density at radius 1 is 1.23 bits per heavy atom. The van der Waals surface area contributed by atoms with Crippen LogP contribution in [0, 0.1) is 5.92 Å². The third-order valence-electron chi connectivity index (χ3n) is 2.46. The van der Waals surface area contributed by atoms with Gasteiger partial charge in [0.1, 0.15) is 0 Å². The molecule has 0 radical (unpaired) electrons. The van der Waals surface area contributed by atoms with E-state index < -0.39 is 0 Å². The van der Waals surface area contributed by atoms with Crippen molar-refractivity contribution in [2.75, 3.05) is 6.54 Å². The Balaban J connectivity index is 3.60. The van der Waals surface area contributed by atoms with Gasteiger partial charge in [-0.1, -0.05) is 26.2 Å². The highest BCUT2D eigenvalue weighted by atomic mass is 16.3. The van der Waals surface area contributed by atoms with Crippen LogP contribution in [0.5, 0.6) is 0 Å². The van der Waals surface area contributed by atoms with E-state index in [0.29, 0.717) is 5.92 Å². The molecular weight excluding hydrogens is 162 g/mol. The van der Waals surface area contributed by atoms with Gasteiger partial charge in [0.2, 0.25) is 0 Å². The summed E-state index contributed by atoms with van der Waals surface area (Å²) in [5.74, 6) is 0.684. The van der Waals surface area contributed by atoms with E-state index in [2.05, 4.69) is 6.92 Å². The van der Waals surface area contributed by atoms with Gasteiger partial charge < -0.3 is 10.8 Å². The number of hydrogen-bond donors (Lipinski definition) is 2. The lowest BCUT2D eigenvalue weighted by atomic mass is 9.91. The molecule has 2 atom stereocenters. The maximum absolute atomic E-state index is 9.29. The van der Waals surface area contributed by atoms with Crippen LogP contribution < -0.4 is 5.73 Å². The molecule has 13 heavy (non-hydrogen) atoms. The van der Waals surface area contributed by atoms with Crippen LogP contribution >= 0.6 is 0 Å². The first-order chi connectivity index (χ1) is 6.20. The molecule has 0 saturated carbocycles. The smallest absolute Gasteiger partial charge is 0.0514 e. The van der Waals surface area contributed by atoms with E-state index in [1.165, 1.54) is 25.7 Å². The van der Waals surface area contributed by atoms with Gasteiger partial charge in [0.25, 0.3) is 0 Å². The summed E-state index contributed by atoms with van der Waals surface area (Å²) in [6, 6.07) is 0. The third-order valence-corrected chi connectivity index (χ3v) is 2.46. The lowest BCUT2D eigenvalue weighted by Crippen LogP contribution is -2.12. The molecule has 0 aromatic heterocycles.